The largest absolute Gasteiger partial charge is 0.508 e. The van der Waals surface area contributed by atoms with Gasteiger partial charge in [0.25, 0.3) is 0 Å². The zero-order chi connectivity index (χ0) is 24.4. The first-order valence-electron chi connectivity index (χ1n) is 9.43. The van der Waals surface area contributed by atoms with E-state index in [-0.39, 0.29) is 40.4 Å². The summed E-state index contributed by atoms with van der Waals surface area (Å²) in [6.07, 6.45) is -4.54. The fraction of sp³-hybridized carbons (Fsp3) is 0.238. The molecule has 4 atom stereocenters. The molecule has 1 aliphatic rings. The highest BCUT2D eigenvalue weighted by Crippen LogP contribution is 2.37. The molecule has 2 aromatic carbocycles. The van der Waals surface area contributed by atoms with Gasteiger partial charge in [-0.1, -0.05) is 0 Å². The minimum atomic E-state index is -1.28. The summed E-state index contributed by atoms with van der Waals surface area (Å²) in [7, 11) is 0. The molecule has 177 valence electrons. The Balaban J connectivity index is 0.000000235. The Hall–Kier alpha value is -3.55. The molecule has 12 heteroatoms. The van der Waals surface area contributed by atoms with Crippen LogP contribution in [-0.2, 0) is 4.74 Å². The van der Waals surface area contributed by atoms with Gasteiger partial charge in [0, 0.05) is 17.7 Å². The summed E-state index contributed by atoms with van der Waals surface area (Å²) in [6.45, 7) is 0.611. The van der Waals surface area contributed by atoms with E-state index in [0.29, 0.717) is 0 Å². The first-order valence-corrected chi connectivity index (χ1v) is 9.43. The Morgan fingerprint density at radius 3 is 2.18 bits per heavy atom. The normalized spacial score (nSPS) is 22.5. The van der Waals surface area contributed by atoms with E-state index in [1.165, 1.54) is 6.07 Å². The maximum Gasteiger partial charge on any atom is 0.238 e. The van der Waals surface area contributed by atoms with Crippen molar-refractivity contribution in [3.05, 3.63) is 47.2 Å². The van der Waals surface area contributed by atoms with Crippen LogP contribution in [0.5, 0.6) is 28.7 Å². The molecular weight excluding hydrogens is 444 g/mol. The number of fused-ring (bicyclic) bond motifs is 1. The second kappa shape index (κ2) is 9.52. The molecular formula is C21H21O12. The fourth-order valence-corrected chi connectivity index (χ4v) is 3.05. The van der Waals surface area contributed by atoms with E-state index in [9.17, 15) is 30.3 Å². The molecule has 0 spiro atoms. The van der Waals surface area contributed by atoms with Crippen LogP contribution in [0.25, 0.3) is 22.3 Å². The van der Waals surface area contributed by atoms with Gasteiger partial charge in [0.05, 0.1) is 6.61 Å². The van der Waals surface area contributed by atoms with Gasteiger partial charge in [-0.05, 0) is 18.2 Å². The molecule has 0 saturated carbocycles. The zero-order valence-corrected chi connectivity index (χ0v) is 16.7. The van der Waals surface area contributed by atoms with E-state index in [4.69, 9.17) is 24.8 Å². The molecule has 9 N–H and O–H groups in total. The first kappa shape index (κ1) is 24.1. The molecule has 0 aliphatic carbocycles. The summed E-state index contributed by atoms with van der Waals surface area (Å²) in [6, 6.07) is 5.64. The van der Waals surface area contributed by atoms with Crippen molar-refractivity contribution in [1.29, 1.82) is 0 Å². The lowest BCUT2D eigenvalue weighted by Gasteiger charge is -2.33. The number of hydrogen-bond acceptors (Lipinski definition) is 12. The highest BCUT2D eigenvalue weighted by atomic mass is 16.5. The highest BCUT2D eigenvalue weighted by Gasteiger charge is 2.37. The van der Waals surface area contributed by atoms with Gasteiger partial charge in [0.1, 0.15) is 53.5 Å². The van der Waals surface area contributed by atoms with Gasteiger partial charge in [0.2, 0.25) is 11.2 Å². The van der Waals surface area contributed by atoms with E-state index in [0.717, 1.165) is 30.9 Å². The van der Waals surface area contributed by atoms with Gasteiger partial charge >= 0.3 is 0 Å². The summed E-state index contributed by atoms with van der Waals surface area (Å²) in [4.78, 5) is 12.1. The summed E-state index contributed by atoms with van der Waals surface area (Å²) in [5, 5.41) is 83.2. The molecule has 0 amide bonds. The fourth-order valence-electron chi connectivity index (χ4n) is 3.05. The molecule has 1 aliphatic heterocycles. The first-order chi connectivity index (χ1) is 15.5. The molecule has 1 radical (unpaired) electrons. The predicted molar refractivity (Wildman–Crippen MR) is 111 cm³/mol. The molecule has 0 unspecified atom stereocenters. The van der Waals surface area contributed by atoms with Crippen LogP contribution in [0, 0.1) is 6.61 Å². The summed E-state index contributed by atoms with van der Waals surface area (Å²) < 4.78 is 10.0. The van der Waals surface area contributed by atoms with Crippen molar-refractivity contribution < 1.29 is 55.1 Å². The second-order valence-corrected chi connectivity index (χ2v) is 7.12. The quantitative estimate of drug-likeness (QED) is 0.221. The topological polar surface area (TPSA) is 222 Å². The maximum absolute atomic E-state index is 12.1. The highest BCUT2D eigenvalue weighted by molar-refractivity contribution is 5.88. The number of ether oxygens (including phenoxy) is 1. The van der Waals surface area contributed by atoms with Crippen LogP contribution < -0.4 is 5.43 Å². The number of aliphatic hydroxyl groups excluding tert-OH is 4. The monoisotopic (exact) mass is 465 g/mol. The lowest BCUT2D eigenvalue weighted by molar-refractivity contribution is -0.169. The summed E-state index contributed by atoms with van der Waals surface area (Å²) >= 11 is 0. The molecule has 4 rings (SSSR count). The molecule has 12 nitrogen and oxygen atoms in total. The lowest BCUT2D eigenvalue weighted by Crippen LogP contribution is -2.52. The Labute approximate surface area is 185 Å². The number of rotatable bonds is 2. The maximum atomic E-state index is 12.1. The van der Waals surface area contributed by atoms with Crippen LogP contribution in [0.3, 0.4) is 0 Å². The van der Waals surface area contributed by atoms with Crippen LogP contribution in [0.15, 0.2) is 39.5 Å². The van der Waals surface area contributed by atoms with Crippen molar-refractivity contribution >= 4 is 11.0 Å². The molecule has 1 fully saturated rings. The van der Waals surface area contributed by atoms with Crippen molar-refractivity contribution in [1.82, 2.24) is 0 Å². The molecule has 3 aromatic rings. The smallest absolute Gasteiger partial charge is 0.238 e. The average molecular weight is 465 g/mol. The Bertz CT molecular complexity index is 1200. The predicted octanol–water partition coefficient (Wildman–Crippen LogP) is -0.390. The number of aliphatic hydroxyl groups is 4. The van der Waals surface area contributed by atoms with Crippen molar-refractivity contribution in [3.8, 4) is 40.1 Å². The van der Waals surface area contributed by atoms with Gasteiger partial charge in [-0.2, -0.15) is 0 Å². The van der Waals surface area contributed by atoms with Crippen LogP contribution in [0.4, 0.5) is 0 Å². The van der Waals surface area contributed by atoms with E-state index in [1.807, 2.05) is 0 Å². The van der Waals surface area contributed by atoms with E-state index >= 15 is 0 Å². The van der Waals surface area contributed by atoms with Crippen molar-refractivity contribution in [2.45, 2.75) is 24.4 Å². The van der Waals surface area contributed by atoms with Crippen LogP contribution in [0.2, 0.25) is 0 Å². The minimum Gasteiger partial charge on any atom is -0.508 e. The Kier molecular flexibility index (Phi) is 6.95. The molecule has 33 heavy (non-hydrogen) atoms. The molecule has 1 saturated heterocycles. The van der Waals surface area contributed by atoms with Gasteiger partial charge in [-0.3, -0.25) is 4.79 Å². The third-order valence-corrected chi connectivity index (χ3v) is 4.83. The minimum absolute atomic E-state index is 0.134. The molecule has 1 aromatic heterocycles. The second-order valence-electron chi connectivity index (χ2n) is 7.12. The van der Waals surface area contributed by atoms with Crippen LogP contribution >= 0.6 is 0 Å². The molecule has 0 bridgehead atoms. The number of aromatic hydroxyl groups is 5. The SMILES string of the molecule is O=c1c(O)c(-c2ccc(O)c(O)c2)oc2cc(O)cc(O)c12.OC[C@@H]1O[CH][C@@H](O)[C@H](O)[C@H]1O. The van der Waals surface area contributed by atoms with Gasteiger partial charge in [0.15, 0.2) is 17.3 Å². The standard InChI is InChI=1S/C15H10O7.C6H11O5/c16-7-4-10(19)12-11(5-7)22-15(14(21)13(12)20)6-1-2-8(17)9(18)3-6;7-1-4-6(10)5(9)3(8)2-11-4/h1-5,16-19,21H;2-10H,1H2/t;3-,4+,5+,6+/m.1/s1. The van der Waals surface area contributed by atoms with Crippen molar-refractivity contribution in [3.63, 3.8) is 0 Å². The van der Waals surface area contributed by atoms with Crippen molar-refractivity contribution in [2.75, 3.05) is 6.61 Å². The average Bonchev–Trinajstić information content (AvgIpc) is 2.76. The number of hydrogen-bond donors (Lipinski definition) is 9. The van der Waals surface area contributed by atoms with Crippen LogP contribution in [0.1, 0.15) is 0 Å². The van der Waals surface area contributed by atoms with E-state index < -0.39 is 47.1 Å². The van der Waals surface area contributed by atoms with Gasteiger partial charge in [-0.25, -0.2) is 0 Å². The third kappa shape index (κ3) is 4.79. The van der Waals surface area contributed by atoms with Gasteiger partial charge in [-0.15, -0.1) is 0 Å². The Morgan fingerprint density at radius 2 is 1.55 bits per heavy atom. The number of benzene rings is 2. The lowest BCUT2D eigenvalue weighted by atomic mass is 10.0. The zero-order valence-electron chi connectivity index (χ0n) is 16.7. The number of phenolic OH excluding ortho intramolecular Hbond substituents is 4. The third-order valence-electron chi connectivity index (χ3n) is 4.83. The van der Waals surface area contributed by atoms with Gasteiger partial charge < -0.3 is 55.1 Å². The summed E-state index contributed by atoms with van der Waals surface area (Å²) in [5.41, 5.74) is -0.890. The Morgan fingerprint density at radius 1 is 0.848 bits per heavy atom. The van der Waals surface area contributed by atoms with E-state index in [2.05, 4.69) is 4.74 Å². The summed E-state index contributed by atoms with van der Waals surface area (Å²) in [5.74, 6) is -2.71. The number of phenols is 4. The van der Waals surface area contributed by atoms with Crippen LogP contribution in [-0.4, -0.2) is 77.0 Å². The van der Waals surface area contributed by atoms with E-state index in [1.54, 1.807) is 0 Å². The molecule has 2 heterocycles. The van der Waals surface area contributed by atoms with Crippen molar-refractivity contribution in [2.24, 2.45) is 0 Å².